The van der Waals surface area contributed by atoms with Gasteiger partial charge in [-0.3, -0.25) is 0 Å². The minimum atomic E-state index is 0.157. The molecule has 3 rings (SSSR count). The molecule has 0 aliphatic rings. The second kappa shape index (κ2) is 6.05. The first-order chi connectivity index (χ1) is 10.2. The van der Waals surface area contributed by atoms with E-state index >= 15 is 0 Å². The van der Waals surface area contributed by atoms with E-state index in [1.165, 1.54) is 11.9 Å². The van der Waals surface area contributed by atoms with E-state index in [9.17, 15) is 0 Å². The maximum atomic E-state index is 4.37. The largest absolute Gasteiger partial charge is 0.375 e. The zero-order valence-corrected chi connectivity index (χ0v) is 13.0. The fourth-order valence-electron chi connectivity index (χ4n) is 2.08. The van der Waals surface area contributed by atoms with E-state index in [2.05, 4.69) is 55.4 Å². The molecule has 6 heteroatoms. The molecule has 0 aliphatic heterocycles. The van der Waals surface area contributed by atoms with Gasteiger partial charge >= 0.3 is 0 Å². The Balaban J connectivity index is 1.86. The number of hydrogen-bond acceptors (Lipinski definition) is 4. The third-order valence-electron chi connectivity index (χ3n) is 3.16. The molecule has 0 bridgehead atoms. The van der Waals surface area contributed by atoms with Crippen molar-refractivity contribution in [3.05, 3.63) is 65.3 Å². The van der Waals surface area contributed by atoms with E-state index < -0.39 is 0 Å². The fourth-order valence-corrected chi connectivity index (χ4v) is 2.34. The Bertz CT molecular complexity index is 709. The number of nitrogens with one attached hydrogen (secondary N) is 1. The van der Waals surface area contributed by atoms with E-state index in [0.717, 1.165) is 16.0 Å². The lowest BCUT2D eigenvalue weighted by molar-refractivity contribution is 0.828. The lowest BCUT2D eigenvalue weighted by atomic mass is 10.1. The SMILES string of the molecule is CC(Nc1cccnc1-n1cncn1)c1ccc(Br)cc1. The molecule has 0 aliphatic carbocycles. The van der Waals surface area contributed by atoms with Crippen molar-refractivity contribution in [2.75, 3.05) is 5.32 Å². The number of anilines is 1. The van der Waals surface area contributed by atoms with E-state index in [1.807, 2.05) is 24.3 Å². The molecule has 0 amide bonds. The summed E-state index contributed by atoms with van der Waals surface area (Å²) < 4.78 is 2.72. The molecule has 0 saturated heterocycles. The number of rotatable bonds is 4. The van der Waals surface area contributed by atoms with Crippen molar-refractivity contribution in [2.45, 2.75) is 13.0 Å². The fraction of sp³-hybridized carbons (Fsp3) is 0.133. The highest BCUT2D eigenvalue weighted by molar-refractivity contribution is 9.10. The first kappa shape index (κ1) is 13.8. The zero-order chi connectivity index (χ0) is 14.7. The van der Waals surface area contributed by atoms with Crippen LogP contribution in [0.1, 0.15) is 18.5 Å². The maximum absolute atomic E-state index is 4.37. The lowest BCUT2D eigenvalue weighted by Gasteiger charge is -2.17. The highest BCUT2D eigenvalue weighted by Gasteiger charge is 2.10. The van der Waals surface area contributed by atoms with Crippen LogP contribution in [0.25, 0.3) is 5.82 Å². The molecule has 21 heavy (non-hydrogen) atoms. The maximum Gasteiger partial charge on any atom is 0.178 e. The standard InChI is InChI=1S/C15H14BrN5/c1-11(12-4-6-13(16)7-5-12)20-14-3-2-8-18-15(14)21-10-17-9-19-21/h2-11,20H,1H3. The van der Waals surface area contributed by atoms with Crippen molar-refractivity contribution in [1.29, 1.82) is 0 Å². The number of hydrogen-bond donors (Lipinski definition) is 1. The van der Waals surface area contributed by atoms with Crippen molar-refractivity contribution in [1.82, 2.24) is 19.7 Å². The lowest BCUT2D eigenvalue weighted by Crippen LogP contribution is -2.10. The number of aromatic nitrogens is 4. The third kappa shape index (κ3) is 3.11. The van der Waals surface area contributed by atoms with Gasteiger partial charge in [0.15, 0.2) is 5.82 Å². The Morgan fingerprint density at radius 1 is 1.19 bits per heavy atom. The molecule has 1 atom stereocenters. The number of benzene rings is 1. The van der Waals surface area contributed by atoms with Gasteiger partial charge in [-0.15, -0.1) is 0 Å². The summed E-state index contributed by atoms with van der Waals surface area (Å²) >= 11 is 3.45. The van der Waals surface area contributed by atoms with Crippen molar-refractivity contribution in [3.63, 3.8) is 0 Å². The minimum absolute atomic E-state index is 0.157. The second-order valence-corrected chi connectivity index (χ2v) is 5.55. The van der Waals surface area contributed by atoms with Crippen LogP contribution in [-0.2, 0) is 0 Å². The van der Waals surface area contributed by atoms with Gasteiger partial charge in [-0.05, 0) is 36.8 Å². The van der Waals surface area contributed by atoms with Crippen molar-refractivity contribution in [3.8, 4) is 5.82 Å². The zero-order valence-electron chi connectivity index (χ0n) is 11.4. The second-order valence-electron chi connectivity index (χ2n) is 4.63. The van der Waals surface area contributed by atoms with Gasteiger partial charge in [0.05, 0.1) is 5.69 Å². The van der Waals surface area contributed by atoms with Crippen LogP contribution >= 0.6 is 15.9 Å². The number of halogens is 1. The predicted molar refractivity (Wildman–Crippen MR) is 85.3 cm³/mol. The van der Waals surface area contributed by atoms with Crippen LogP contribution in [0.4, 0.5) is 5.69 Å². The van der Waals surface area contributed by atoms with Gasteiger partial charge in [-0.2, -0.15) is 5.10 Å². The molecular formula is C15H14BrN5. The van der Waals surface area contributed by atoms with E-state index in [4.69, 9.17) is 0 Å². The molecule has 1 unspecified atom stereocenters. The molecular weight excluding hydrogens is 330 g/mol. The Morgan fingerprint density at radius 3 is 2.71 bits per heavy atom. The van der Waals surface area contributed by atoms with Gasteiger partial charge in [-0.25, -0.2) is 14.6 Å². The molecule has 1 aromatic carbocycles. The monoisotopic (exact) mass is 343 g/mol. The Morgan fingerprint density at radius 2 is 2.00 bits per heavy atom. The molecule has 106 valence electrons. The Kier molecular flexibility index (Phi) is 3.96. The van der Waals surface area contributed by atoms with Gasteiger partial charge in [-0.1, -0.05) is 28.1 Å². The van der Waals surface area contributed by atoms with E-state index in [1.54, 1.807) is 17.2 Å². The smallest absolute Gasteiger partial charge is 0.178 e. The quantitative estimate of drug-likeness (QED) is 0.786. The van der Waals surface area contributed by atoms with Crippen LogP contribution in [0.5, 0.6) is 0 Å². The molecule has 2 heterocycles. The first-order valence-corrected chi connectivity index (χ1v) is 7.35. The van der Waals surface area contributed by atoms with Gasteiger partial charge in [0.2, 0.25) is 0 Å². The molecule has 0 spiro atoms. The summed E-state index contributed by atoms with van der Waals surface area (Å²) in [6.45, 7) is 2.11. The van der Waals surface area contributed by atoms with Crippen LogP contribution in [-0.4, -0.2) is 19.7 Å². The average molecular weight is 344 g/mol. The van der Waals surface area contributed by atoms with Gasteiger partial charge in [0.1, 0.15) is 12.7 Å². The van der Waals surface area contributed by atoms with Crippen LogP contribution in [0.3, 0.4) is 0 Å². The highest BCUT2D eigenvalue weighted by atomic mass is 79.9. The van der Waals surface area contributed by atoms with Crippen LogP contribution in [0.15, 0.2) is 59.7 Å². The Labute approximate surface area is 131 Å². The summed E-state index contributed by atoms with van der Waals surface area (Å²) in [6, 6.07) is 12.3. The summed E-state index contributed by atoms with van der Waals surface area (Å²) in [5.74, 6) is 0.735. The molecule has 2 aromatic heterocycles. The summed E-state index contributed by atoms with van der Waals surface area (Å²) in [6.07, 6.45) is 4.88. The summed E-state index contributed by atoms with van der Waals surface area (Å²) in [5, 5.41) is 7.60. The normalized spacial score (nSPS) is 12.1. The molecule has 0 radical (unpaired) electrons. The van der Waals surface area contributed by atoms with E-state index in [-0.39, 0.29) is 6.04 Å². The summed E-state index contributed by atoms with van der Waals surface area (Å²) in [5.41, 5.74) is 2.12. The Hall–Kier alpha value is -2.21. The summed E-state index contributed by atoms with van der Waals surface area (Å²) in [4.78, 5) is 8.34. The topological polar surface area (TPSA) is 55.6 Å². The molecule has 5 nitrogen and oxygen atoms in total. The molecule has 0 saturated carbocycles. The van der Waals surface area contributed by atoms with Gasteiger partial charge in [0, 0.05) is 16.7 Å². The first-order valence-electron chi connectivity index (χ1n) is 6.56. The number of pyridine rings is 1. The third-order valence-corrected chi connectivity index (χ3v) is 3.69. The molecule has 1 N–H and O–H groups in total. The van der Waals surface area contributed by atoms with Crippen molar-refractivity contribution < 1.29 is 0 Å². The number of nitrogens with zero attached hydrogens (tertiary/aromatic N) is 4. The average Bonchev–Trinajstić information content (AvgIpc) is 3.02. The van der Waals surface area contributed by atoms with Crippen LogP contribution in [0.2, 0.25) is 0 Å². The van der Waals surface area contributed by atoms with Crippen molar-refractivity contribution in [2.24, 2.45) is 0 Å². The highest BCUT2D eigenvalue weighted by Crippen LogP contribution is 2.24. The van der Waals surface area contributed by atoms with Crippen LogP contribution < -0.4 is 5.32 Å². The van der Waals surface area contributed by atoms with Crippen LogP contribution in [0, 0.1) is 0 Å². The van der Waals surface area contributed by atoms with Gasteiger partial charge in [0.25, 0.3) is 0 Å². The predicted octanol–water partition coefficient (Wildman–Crippen LogP) is 3.60. The van der Waals surface area contributed by atoms with E-state index in [0.29, 0.717) is 0 Å². The summed E-state index contributed by atoms with van der Waals surface area (Å²) in [7, 11) is 0. The van der Waals surface area contributed by atoms with Crippen molar-refractivity contribution >= 4 is 21.6 Å². The minimum Gasteiger partial charge on any atom is -0.375 e. The molecule has 3 aromatic rings. The van der Waals surface area contributed by atoms with Gasteiger partial charge < -0.3 is 5.32 Å². The molecule has 0 fully saturated rings.